The average molecular weight is 320 g/mol. The molecule has 0 radical (unpaired) electrons. The van der Waals surface area contributed by atoms with Crippen LogP contribution in [0.15, 0.2) is 48.5 Å². The molecule has 3 nitrogen and oxygen atoms in total. The van der Waals surface area contributed by atoms with Crippen LogP contribution in [-0.4, -0.2) is 22.8 Å². The first-order valence-corrected chi connectivity index (χ1v) is 7.81. The molecule has 108 valence electrons. The zero-order valence-corrected chi connectivity index (χ0v) is 12.8. The molecule has 1 N–H and O–H groups in total. The Morgan fingerprint density at radius 2 is 1.90 bits per heavy atom. The molecule has 0 fully saturated rings. The molecule has 5 heteroatoms. The zero-order valence-electron chi connectivity index (χ0n) is 11.2. The highest BCUT2D eigenvalue weighted by atomic mass is 35.5. The lowest BCUT2D eigenvalue weighted by Gasteiger charge is -2.11. The highest BCUT2D eigenvalue weighted by molar-refractivity contribution is 7.18. The second kappa shape index (κ2) is 6.43. The number of para-hydroxylation sites is 1. The topological polar surface area (TPSA) is 42.4 Å². The Morgan fingerprint density at radius 3 is 2.67 bits per heavy atom. The van der Waals surface area contributed by atoms with Crippen molar-refractivity contribution in [2.45, 2.75) is 12.5 Å². The summed E-state index contributed by atoms with van der Waals surface area (Å²) in [6.07, 6.45) is -0.0892. The number of rotatable bonds is 5. The molecule has 0 aliphatic carbocycles. The van der Waals surface area contributed by atoms with Crippen LogP contribution in [0, 0.1) is 0 Å². The zero-order chi connectivity index (χ0) is 14.7. The second-order valence-electron chi connectivity index (χ2n) is 4.70. The van der Waals surface area contributed by atoms with Crippen LogP contribution in [0.25, 0.3) is 10.2 Å². The number of hydrogen-bond acceptors (Lipinski definition) is 4. The van der Waals surface area contributed by atoms with Crippen LogP contribution in [0.4, 0.5) is 0 Å². The summed E-state index contributed by atoms with van der Waals surface area (Å²) in [6, 6.07) is 15.1. The van der Waals surface area contributed by atoms with Crippen molar-refractivity contribution in [3.63, 3.8) is 0 Å². The molecule has 1 unspecified atom stereocenters. The van der Waals surface area contributed by atoms with E-state index in [0.717, 1.165) is 15.2 Å². The van der Waals surface area contributed by atoms with Crippen LogP contribution in [0.2, 0.25) is 5.02 Å². The van der Waals surface area contributed by atoms with Gasteiger partial charge in [0.15, 0.2) is 0 Å². The monoisotopic (exact) mass is 319 g/mol. The van der Waals surface area contributed by atoms with E-state index in [2.05, 4.69) is 4.98 Å². The van der Waals surface area contributed by atoms with Gasteiger partial charge in [-0.15, -0.1) is 11.3 Å². The van der Waals surface area contributed by atoms with Gasteiger partial charge in [-0.1, -0.05) is 23.7 Å². The summed E-state index contributed by atoms with van der Waals surface area (Å²) in [7, 11) is 0. The van der Waals surface area contributed by atoms with Crippen molar-refractivity contribution in [3.05, 3.63) is 58.6 Å². The Labute approximate surface area is 131 Å². The predicted molar refractivity (Wildman–Crippen MR) is 86.3 cm³/mol. The molecule has 2 aromatic carbocycles. The minimum atomic E-state index is -0.582. The average Bonchev–Trinajstić information content (AvgIpc) is 2.88. The van der Waals surface area contributed by atoms with Gasteiger partial charge in [0.05, 0.1) is 21.3 Å². The summed E-state index contributed by atoms with van der Waals surface area (Å²) in [5, 5.41) is 11.6. The lowest BCUT2D eigenvalue weighted by Crippen LogP contribution is -2.20. The lowest BCUT2D eigenvalue weighted by atomic mass is 10.3. The largest absolute Gasteiger partial charge is 0.491 e. The maximum Gasteiger partial charge on any atom is 0.119 e. The van der Waals surface area contributed by atoms with E-state index in [0.29, 0.717) is 17.2 Å². The van der Waals surface area contributed by atoms with E-state index in [4.69, 9.17) is 16.3 Å². The molecule has 0 aliphatic heterocycles. The van der Waals surface area contributed by atoms with Crippen molar-refractivity contribution in [1.29, 1.82) is 0 Å². The van der Waals surface area contributed by atoms with Crippen molar-refractivity contribution in [2.75, 3.05) is 6.61 Å². The summed E-state index contributed by atoms with van der Waals surface area (Å²) >= 11 is 7.41. The third-order valence-corrected chi connectivity index (χ3v) is 4.32. The van der Waals surface area contributed by atoms with E-state index in [9.17, 15) is 5.11 Å². The highest BCUT2D eigenvalue weighted by Crippen LogP contribution is 2.22. The van der Waals surface area contributed by atoms with Crippen molar-refractivity contribution < 1.29 is 9.84 Å². The summed E-state index contributed by atoms with van der Waals surface area (Å²) < 4.78 is 6.67. The highest BCUT2D eigenvalue weighted by Gasteiger charge is 2.11. The molecule has 3 aromatic rings. The number of nitrogens with zero attached hydrogens (tertiary/aromatic N) is 1. The van der Waals surface area contributed by atoms with Gasteiger partial charge in [0.2, 0.25) is 0 Å². The molecule has 21 heavy (non-hydrogen) atoms. The molecule has 1 heterocycles. The fraction of sp³-hybridized carbons (Fsp3) is 0.188. The third-order valence-electron chi connectivity index (χ3n) is 3.00. The molecule has 1 atom stereocenters. The predicted octanol–water partition coefficient (Wildman–Crippen LogP) is 3.93. The molecule has 0 amide bonds. The van der Waals surface area contributed by atoms with E-state index < -0.39 is 6.10 Å². The Hall–Kier alpha value is -1.62. The summed E-state index contributed by atoms with van der Waals surface area (Å²) in [4.78, 5) is 4.50. The number of fused-ring (bicyclic) bond motifs is 1. The van der Waals surface area contributed by atoms with Gasteiger partial charge in [0, 0.05) is 11.4 Å². The van der Waals surface area contributed by atoms with Crippen molar-refractivity contribution in [3.8, 4) is 5.75 Å². The van der Waals surface area contributed by atoms with Gasteiger partial charge >= 0.3 is 0 Å². The van der Waals surface area contributed by atoms with Crippen LogP contribution >= 0.6 is 22.9 Å². The number of benzene rings is 2. The van der Waals surface area contributed by atoms with Crippen LogP contribution in [-0.2, 0) is 6.42 Å². The van der Waals surface area contributed by atoms with E-state index in [-0.39, 0.29) is 6.61 Å². The van der Waals surface area contributed by atoms with E-state index in [1.165, 1.54) is 0 Å². The number of halogens is 1. The summed E-state index contributed by atoms with van der Waals surface area (Å²) in [5.41, 5.74) is 0.975. The Balaban J connectivity index is 1.58. The maximum absolute atomic E-state index is 10.1. The molecule has 0 aliphatic rings. The number of aliphatic hydroxyl groups is 1. The Morgan fingerprint density at radius 1 is 1.14 bits per heavy atom. The van der Waals surface area contributed by atoms with Crippen molar-refractivity contribution in [2.24, 2.45) is 0 Å². The van der Waals surface area contributed by atoms with Crippen LogP contribution in [0.3, 0.4) is 0 Å². The first-order chi connectivity index (χ1) is 10.2. The lowest BCUT2D eigenvalue weighted by molar-refractivity contribution is 0.108. The summed E-state index contributed by atoms with van der Waals surface area (Å²) in [6.45, 7) is 0.234. The maximum atomic E-state index is 10.1. The van der Waals surface area contributed by atoms with E-state index in [1.54, 1.807) is 35.6 Å². The van der Waals surface area contributed by atoms with E-state index in [1.807, 2.05) is 24.3 Å². The van der Waals surface area contributed by atoms with Crippen LogP contribution in [0.1, 0.15) is 5.01 Å². The molecular weight excluding hydrogens is 306 g/mol. The van der Waals surface area contributed by atoms with Gasteiger partial charge in [-0.05, 0) is 36.4 Å². The standard InChI is InChI=1S/C16H14ClNO2S/c17-11-5-7-13(8-6-11)20-10-12(19)9-16-18-14-3-1-2-4-15(14)21-16/h1-8,12,19H,9-10H2. The Bertz CT molecular complexity index is 693. The van der Waals surface area contributed by atoms with Gasteiger partial charge < -0.3 is 9.84 Å². The number of aliphatic hydroxyl groups excluding tert-OH is 1. The number of aromatic nitrogens is 1. The smallest absolute Gasteiger partial charge is 0.119 e. The quantitative estimate of drug-likeness (QED) is 0.774. The molecule has 0 saturated heterocycles. The molecule has 0 saturated carbocycles. The first-order valence-electron chi connectivity index (χ1n) is 6.61. The Kier molecular flexibility index (Phi) is 4.39. The fourth-order valence-corrected chi connectivity index (χ4v) is 3.16. The molecule has 0 spiro atoms. The first kappa shape index (κ1) is 14.3. The minimum Gasteiger partial charge on any atom is -0.491 e. The van der Waals surface area contributed by atoms with Gasteiger partial charge in [-0.2, -0.15) is 0 Å². The van der Waals surface area contributed by atoms with Crippen LogP contribution in [0.5, 0.6) is 5.75 Å². The normalized spacial score (nSPS) is 12.5. The van der Waals surface area contributed by atoms with Gasteiger partial charge in [0.1, 0.15) is 12.4 Å². The molecular formula is C16H14ClNO2S. The molecule has 3 rings (SSSR count). The SMILES string of the molecule is OC(COc1ccc(Cl)cc1)Cc1nc2ccccc2s1. The minimum absolute atomic E-state index is 0.234. The molecule has 0 bridgehead atoms. The van der Waals surface area contributed by atoms with Gasteiger partial charge in [-0.3, -0.25) is 0 Å². The summed E-state index contributed by atoms with van der Waals surface area (Å²) in [5.74, 6) is 0.697. The molecule has 1 aromatic heterocycles. The number of ether oxygens (including phenoxy) is 1. The van der Waals surface area contributed by atoms with Gasteiger partial charge in [0.25, 0.3) is 0 Å². The van der Waals surface area contributed by atoms with Crippen molar-refractivity contribution >= 4 is 33.2 Å². The van der Waals surface area contributed by atoms with Crippen molar-refractivity contribution in [1.82, 2.24) is 4.98 Å². The number of hydrogen-bond donors (Lipinski definition) is 1. The van der Waals surface area contributed by atoms with Gasteiger partial charge in [-0.25, -0.2) is 4.98 Å². The third kappa shape index (κ3) is 3.73. The second-order valence-corrected chi connectivity index (χ2v) is 6.25. The van der Waals surface area contributed by atoms with E-state index >= 15 is 0 Å². The fourth-order valence-electron chi connectivity index (χ4n) is 1.99. The van der Waals surface area contributed by atoms with Crippen LogP contribution < -0.4 is 4.74 Å². The number of thiazole rings is 1.